The Kier molecular flexibility index (Phi) is 5.14. The summed E-state index contributed by atoms with van der Waals surface area (Å²) in [6, 6.07) is 11.3. The van der Waals surface area contributed by atoms with Gasteiger partial charge in [0.05, 0.1) is 12.2 Å². The SMILES string of the molecule is C=C(c1ccc(C(=O)O)cc1)c1cc2c(cc1OCC)C(C)(C)CCC2(C)C. The van der Waals surface area contributed by atoms with E-state index < -0.39 is 5.97 Å². The normalized spacial score (nSPS) is 16.9. The van der Waals surface area contributed by atoms with E-state index in [4.69, 9.17) is 9.84 Å². The Bertz CT molecular complexity index is 918. The van der Waals surface area contributed by atoms with E-state index in [-0.39, 0.29) is 16.4 Å². The molecule has 1 aliphatic carbocycles. The van der Waals surface area contributed by atoms with Crippen molar-refractivity contribution in [3.63, 3.8) is 0 Å². The summed E-state index contributed by atoms with van der Waals surface area (Å²) >= 11 is 0. The first kappa shape index (κ1) is 20.2. The van der Waals surface area contributed by atoms with E-state index in [1.54, 1.807) is 12.1 Å². The number of rotatable bonds is 5. The summed E-state index contributed by atoms with van der Waals surface area (Å²) < 4.78 is 6.01. The Morgan fingerprint density at radius 3 is 2.00 bits per heavy atom. The van der Waals surface area contributed by atoms with Crippen molar-refractivity contribution >= 4 is 11.5 Å². The molecule has 0 amide bonds. The molecule has 0 unspecified atom stereocenters. The molecule has 3 rings (SSSR count). The Labute approximate surface area is 168 Å². The molecule has 0 heterocycles. The van der Waals surface area contributed by atoms with Gasteiger partial charge in [0.1, 0.15) is 5.75 Å². The predicted octanol–water partition coefficient (Wildman–Crippen LogP) is 6.19. The highest BCUT2D eigenvalue weighted by atomic mass is 16.5. The monoisotopic (exact) mass is 378 g/mol. The first-order valence-electron chi connectivity index (χ1n) is 9.91. The van der Waals surface area contributed by atoms with Gasteiger partial charge in [0, 0.05) is 5.56 Å². The third-order valence-corrected chi connectivity index (χ3v) is 6.06. The molecular weight excluding hydrogens is 348 g/mol. The quantitative estimate of drug-likeness (QED) is 0.674. The summed E-state index contributed by atoms with van der Waals surface area (Å²) in [6.07, 6.45) is 2.29. The van der Waals surface area contributed by atoms with Gasteiger partial charge >= 0.3 is 5.97 Å². The van der Waals surface area contributed by atoms with E-state index >= 15 is 0 Å². The summed E-state index contributed by atoms with van der Waals surface area (Å²) in [7, 11) is 0. The largest absolute Gasteiger partial charge is 0.493 e. The van der Waals surface area contributed by atoms with Gasteiger partial charge in [0.2, 0.25) is 0 Å². The van der Waals surface area contributed by atoms with Crippen molar-refractivity contribution in [3.05, 3.63) is 70.8 Å². The molecule has 1 aliphatic rings. The van der Waals surface area contributed by atoms with E-state index in [0.717, 1.165) is 35.3 Å². The number of aromatic carboxylic acids is 1. The molecule has 3 heteroatoms. The number of carboxylic acids is 1. The first-order chi connectivity index (χ1) is 13.1. The summed E-state index contributed by atoms with van der Waals surface area (Å²) in [5, 5.41) is 9.14. The maximum Gasteiger partial charge on any atom is 0.335 e. The minimum atomic E-state index is -0.926. The second-order valence-corrected chi connectivity index (χ2v) is 8.96. The third kappa shape index (κ3) is 3.58. The van der Waals surface area contributed by atoms with Crippen molar-refractivity contribution in [3.8, 4) is 5.75 Å². The van der Waals surface area contributed by atoms with E-state index in [1.807, 2.05) is 19.1 Å². The van der Waals surface area contributed by atoms with E-state index in [1.165, 1.54) is 11.1 Å². The van der Waals surface area contributed by atoms with Crippen molar-refractivity contribution in [1.82, 2.24) is 0 Å². The van der Waals surface area contributed by atoms with Crippen LogP contribution in [0.25, 0.3) is 5.57 Å². The lowest BCUT2D eigenvalue weighted by Crippen LogP contribution is -2.34. The van der Waals surface area contributed by atoms with Gasteiger partial charge in [-0.25, -0.2) is 4.79 Å². The third-order valence-electron chi connectivity index (χ3n) is 6.06. The number of hydrogen-bond donors (Lipinski definition) is 1. The molecule has 0 aliphatic heterocycles. The molecule has 0 atom stereocenters. The van der Waals surface area contributed by atoms with Gasteiger partial charge in [-0.05, 0) is 77.1 Å². The predicted molar refractivity (Wildman–Crippen MR) is 114 cm³/mol. The maximum atomic E-state index is 11.1. The van der Waals surface area contributed by atoms with Crippen LogP contribution in [0, 0.1) is 0 Å². The highest BCUT2D eigenvalue weighted by molar-refractivity contribution is 5.89. The van der Waals surface area contributed by atoms with Crippen LogP contribution in [0.5, 0.6) is 5.75 Å². The maximum absolute atomic E-state index is 11.1. The molecule has 0 radical (unpaired) electrons. The lowest BCUT2D eigenvalue weighted by Gasteiger charge is -2.42. The molecule has 0 saturated carbocycles. The smallest absolute Gasteiger partial charge is 0.335 e. The molecular formula is C25H30O3. The van der Waals surface area contributed by atoms with Gasteiger partial charge < -0.3 is 9.84 Å². The van der Waals surface area contributed by atoms with Crippen LogP contribution in [0.3, 0.4) is 0 Å². The van der Waals surface area contributed by atoms with Crippen LogP contribution in [0.4, 0.5) is 0 Å². The number of benzene rings is 2. The standard InChI is InChI=1S/C25H30O3/c1-7-28-22-15-21-20(24(3,4)12-13-25(21,5)6)14-19(22)16(2)17-8-10-18(11-9-17)23(26)27/h8-11,14-15H,2,7,12-13H2,1,3-6H3,(H,26,27). The second kappa shape index (κ2) is 7.12. The van der Waals surface area contributed by atoms with Crippen molar-refractivity contribution < 1.29 is 14.6 Å². The number of carboxylic acid groups (broad SMARTS) is 1. The molecule has 0 aromatic heterocycles. The van der Waals surface area contributed by atoms with Crippen molar-refractivity contribution in [1.29, 1.82) is 0 Å². The molecule has 28 heavy (non-hydrogen) atoms. The molecule has 2 aromatic rings. The summed E-state index contributed by atoms with van der Waals surface area (Å²) in [5.41, 5.74) is 5.92. The van der Waals surface area contributed by atoms with Crippen molar-refractivity contribution in [2.75, 3.05) is 6.61 Å². The van der Waals surface area contributed by atoms with Crippen LogP contribution in [0.1, 0.15) is 80.1 Å². The van der Waals surface area contributed by atoms with E-state index in [9.17, 15) is 4.79 Å². The molecule has 0 saturated heterocycles. The second-order valence-electron chi connectivity index (χ2n) is 8.96. The number of fused-ring (bicyclic) bond motifs is 1. The fraction of sp³-hybridized carbons (Fsp3) is 0.400. The lowest BCUT2D eigenvalue weighted by atomic mass is 9.62. The average molecular weight is 379 g/mol. The van der Waals surface area contributed by atoms with Crippen LogP contribution in [-0.4, -0.2) is 17.7 Å². The van der Waals surface area contributed by atoms with Crippen LogP contribution >= 0.6 is 0 Å². The van der Waals surface area contributed by atoms with Crippen LogP contribution in [0.2, 0.25) is 0 Å². The van der Waals surface area contributed by atoms with E-state index in [2.05, 4.69) is 46.4 Å². The zero-order valence-corrected chi connectivity index (χ0v) is 17.6. The van der Waals surface area contributed by atoms with Gasteiger partial charge in [-0.15, -0.1) is 0 Å². The van der Waals surface area contributed by atoms with E-state index in [0.29, 0.717) is 6.61 Å². The summed E-state index contributed by atoms with van der Waals surface area (Å²) in [5.74, 6) is -0.0794. The average Bonchev–Trinajstić information content (AvgIpc) is 2.65. The Hall–Kier alpha value is -2.55. The number of hydrogen-bond acceptors (Lipinski definition) is 2. The Morgan fingerprint density at radius 1 is 1.00 bits per heavy atom. The fourth-order valence-corrected chi connectivity index (χ4v) is 4.07. The highest BCUT2D eigenvalue weighted by Gasteiger charge is 2.38. The highest BCUT2D eigenvalue weighted by Crippen LogP contribution is 2.48. The molecule has 0 bridgehead atoms. The van der Waals surface area contributed by atoms with Crippen LogP contribution in [0.15, 0.2) is 43.0 Å². The summed E-state index contributed by atoms with van der Waals surface area (Å²) in [4.78, 5) is 11.1. The fourth-order valence-electron chi connectivity index (χ4n) is 4.07. The molecule has 2 aromatic carbocycles. The number of ether oxygens (including phenoxy) is 1. The lowest BCUT2D eigenvalue weighted by molar-refractivity contribution is 0.0697. The zero-order chi connectivity index (χ0) is 20.7. The van der Waals surface area contributed by atoms with Gasteiger partial charge in [-0.2, -0.15) is 0 Å². The molecule has 3 nitrogen and oxygen atoms in total. The van der Waals surface area contributed by atoms with Gasteiger partial charge in [-0.3, -0.25) is 0 Å². The van der Waals surface area contributed by atoms with Gasteiger partial charge in [-0.1, -0.05) is 46.4 Å². The van der Waals surface area contributed by atoms with Gasteiger partial charge in [0.15, 0.2) is 0 Å². The Balaban J connectivity index is 2.14. The molecule has 0 spiro atoms. The van der Waals surface area contributed by atoms with Crippen LogP contribution in [-0.2, 0) is 10.8 Å². The van der Waals surface area contributed by atoms with Crippen LogP contribution < -0.4 is 4.74 Å². The topological polar surface area (TPSA) is 46.5 Å². The van der Waals surface area contributed by atoms with Crippen molar-refractivity contribution in [2.24, 2.45) is 0 Å². The first-order valence-corrected chi connectivity index (χ1v) is 9.91. The minimum Gasteiger partial charge on any atom is -0.493 e. The molecule has 148 valence electrons. The Morgan fingerprint density at radius 2 is 1.50 bits per heavy atom. The van der Waals surface area contributed by atoms with Gasteiger partial charge in [0.25, 0.3) is 0 Å². The van der Waals surface area contributed by atoms with Crippen molar-refractivity contribution in [2.45, 2.75) is 58.3 Å². The number of carbonyl (C=O) groups is 1. The minimum absolute atomic E-state index is 0.0950. The molecule has 1 N–H and O–H groups in total. The zero-order valence-electron chi connectivity index (χ0n) is 17.6. The molecule has 0 fully saturated rings. The summed E-state index contributed by atoms with van der Waals surface area (Å²) in [6.45, 7) is 16.1.